The summed E-state index contributed by atoms with van der Waals surface area (Å²) in [5.74, 6) is 1.01. The minimum atomic E-state index is -0.727. The molecule has 3 rings (SSSR count). The predicted octanol–water partition coefficient (Wildman–Crippen LogP) is 4.96. The Labute approximate surface area is 151 Å². The molecule has 0 spiro atoms. The molecule has 0 aromatic rings. The second-order valence-corrected chi connectivity index (χ2v) is 9.57. The fraction of sp³-hybridized carbons (Fsp3) is 0.905. The molecule has 3 aliphatic rings. The number of fused-ring (bicyclic) bond motifs is 3. The number of carboxylic acids is 2. The van der Waals surface area contributed by atoms with Crippen molar-refractivity contribution in [2.24, 2.45) is 34.5 Å². The van der Waals surface area contributed by atoms with Crippen LogP contribution in [-0.2, 0) is 9.59 Å². The van der Waals surface area contributed by atoms with E-state index in [9.17, 15) is 14.7 Å². The molecule has 3 aliphatic carbocycles. The van der Waals surface area contributed by atoms with E-state index in [4.69, 9.17) is 5.11 Å². The van der Waals surface area contributed by atoms with Crippen LogP contribution >= 0.6 is 0 Å². The normalized spacial score (nSPS) is 43.3. The molecule has 0 aromatic heterocycles. The van der Waals surface area contributed by atoms with Crippen LogP contribution < -0.4 is 0 Å². The largest absolute Gasteiger partial charge is 0.481 e. The maximum Gasteiger partial charge on any atom is 0.303 e. The second-order valence-electron chi connectivity index (χ2n) is 9.57. The van der Waals surface area contributed by atoms with Crippen molar-refractivity contribution in [3.63, 3.8) is 0 Å². The van der Waals surface area contributed by atoms with Crippen molar-refractivity contribution < 1.29 is 19.8 Å². The lowest BCUT2D eigenvalue weighted by molar-refractivity contribution is -0.142. The molecule has 0 bridgehead atoms. The van der Waals surface area contributed by atoms with Gasteiger partial charge in [0.05, 0.1) is 0 Å². The van der Waals surface area contributed by atoms with Crippen LogP contribution in [0.1, 0.15) is 84.5 Å². The molecule has 25 heavy (non-hydrogen) atoms. The van der Waals surface area contributed by atoms with E-state index in [-0.39, 0.29) is 18.3 Å². The van der Waals surface area contributed by atoms with Crippen molar-refractivity contribution in [3.05, 3.63) is 0 Å². The zero-order chi connectivity index (χ0) is 18.2. The summed E-state index contributed by atoms with van der Waals surface area (Å²) in [6, 6.07) is 0. The van der Waals surface area contributed by atoms with Gasteiger partial charge in [-0.3, -0.25) is 9.59 Å². The van der Waals surface area contributed by atoms with E-state index < -0.39 is 11.9 Å². The molecular weight excluding hydrogens is 316 g/mol. The summed E-state index contributed by atoms with van der Waals surface area (Å²) < 4.78 is 0. The van der Waals surface area contributed by atoms with Gasteiger partial charge in [-0.15, -0.1) is 0 Å². The number of rotatable bonds is 6. The smallest absolute Gasteiger partial charge is 0.303 e. The first-order chi connectivity index (χ1) is 11.8. The highest BCUT2D eigenvalue weighted by atomic mass is 16.4. The molecule has 0 unspecified atom stereocenters. The van der Waals surface area contributed by atoms with Crippen LogP contribution in [0.3, 0.4) is 0 Å². The van der Waals surface area contributed by atoms with Crippen LogP contribution in [-0.4, -0.2) is 22.2 Å². The molecule has 0 saturated heterocycles. The number of hydrogen-bond acceptors (Lipinski definition) is 2. The Balaban J connectivity index is 1.83. The summed E-state index contributed by atoms with van der Waals surface area (Å²) in [5, 5.41) is 18.4. The number of aliphatic carboxylic acids is 2. The maximum absolute atomic E-state index is 11.3. The fourth-order valence-corrected chi connectivity index (χ4v) is 7.07. The van der Waals surface area contributed by atoms with Gasteiger partial charge in [0.2, 0.25) is 0 Å². The molecule has 4 nitrogen and oxygen atoms in total. The summed E-state index contributed by atoms with van der Waals surface area (Å²) in [4.78, 5) is 22.4. The van der Waals surface area contributed by atoms with Gasteiger partial charge in [-0.05, 0) is 85.9 Å². The van der Waals surface area contributed by atoms with Crippen LogP contribution in [0.2, 0.25) is 0 Å². The highest BCUT2D eigenvalue weighted by molar-refractivity contribution is 5.67. The van der Waals surface area contributed by atoms with E-state index in [1.165, 1.54) is 38.5 Å². The number of carboxylic acid groups (broad SMARTS) is 2. The maximum atomic E-state index is 11.3. The van der Waals surface area contributed by atoms with E-state index >= 15 is 0 Å². The molecule has 0 heterocycles. The lowest BCUT2D eigenvalue weighted by Gasteiger charge is -2.58. The van der Waals surface area contributed by atoms with Crippen molar-refractivity contribution >= 4 is 11.9 Å². The molecule has 142 valence electrons. The molecule has 0 aromatic carbocycles. The van der Waals surface area contributed by atoms with Gasteiger partial charge in [0, 0.05) is 12.8 Å². The summed E-state index contributed by atoms with van der Waals surface area (Å²) >= 11 is 0. The SMILES string of the molecule is C[C@]12CCC[C@@H]1[C@@H]1CC[C@H](CCC(=O)O)[C@](C)(CCC(=O)O)[C@H]1CC2. The minimum absolute atomic E-state index is 0.0132. The molecule has 0 aliphatic heterocycles. The van der Waals surface area contributed by atoms with Gasteiger partial charge >= 0.3 is 11.9 Å². The van der Waals surface area contributed by atoms with Gasteiger partial charge in [-0.2, -0.15) is 0 Å². The van der Waals surface area contributed by atoms with Gasteiger partial charge in [0.15, 0.2) is 0 Å². The molecule has 4 heteroatoms. The van der Waals surface area contributed by atoms with Crippen LogP contribution in [0, 0.1) is 34.5 Å². The topological polar surface area (TPSA) is 74.6 Å². The first-order valence-electron chi connectivity index (χ1n) is 10.2. The predicted molar refractivity (Wildman–Crippen MR) is 96.2 cm³/mol. The van der Waals surface area contributed by atoms with Crippen molar-refractivity contribution in [3.8, 4) is 0 Å². The highest BCUT2D eigenvalue weighted by Crippen LogP contribution is 2.65. The van der Waals surface area contributed by atoms with Gasteiger partial charge in [0.1, 0.15) is 0 Å². The van der Waals surface area contributed by atoms with Crippen LogP contribution in [0.5, 0.6) is 0 Å². The molecule has 3 fully saturated rings. The number of carbonyl (C=O) groups is 2. The Morgan fingerprint density at radius 2 is 1.64 bits per heavy atom. The Kier molecular flexibility index (Phi) is 5.18. The Bertz CT molecular complexity index is 530. The molecule has 0 radical (unpaired) electrons. The number of hydrogen-bond donors (Lipinski definition) is 2. The van der Waals surface area contributed by atoms with E-state index in [1.807, 2.05) is 0 Å². The zero-order valence-electron chi connectivity index (χ0n) is 15.8. The van der Waals surface area contributed by atoms with E-state index in [0.717, 1.165) is 18.3 Å². The Morgan fingerprint density at radius 1 is 0.920 bits per heavy atom. The van der Waals surface area contributed by atoms with Gasteiger partial charge < -0.3 is 10.2 Å². The molecule has 0 amide bonds. The third-order valence-electron chi connectivity index (χ3n) is 8.43. The second kappa shape index (κ2) is 6.92. The standard InChI is InChI=1S/C21H34O4/c1-20-11-3-4-16(20)15-7-5-14(6-8-18(22)23)21(2,13-10-19(24)25)17(15)9-12-20/h14-17H,3-13H2,1-2H3,(H,22,23)(H,24,25)/t14-,15+,16-,17+,20-,21+/m1/s1. The highest BCUT2D eigenvalue weighted by Gasteiger charge is 2.56. The summed E-state index contributed by atoms with van der Waals surface area (Å²) in [6.45, 7) is 4.77. The first kappa shape index (κ1) is 18.7. The Morgan fingerprint density at radius 3 is 2.32 bits per heavy atom. The van der Waals surface area contributed by atoms with Crippen molar-refractivity contribution in [1.82, 2.24) is 0 Å². The van der Waals surface area contributed by atoms with Crippen LogP contribution in [0.4, 0.5) is 0 Å². The third-order valence-corrected chi connectivity index (χ3v) is 8.43. The van der Waals surface area contributed by atoms with Gasteiger partial charge in [0.25, 0.3) is 0 Å². The molecular formula is C21H34O4. The molecule has 3 saturated carbocycles. The minimum Gasteiger partial charge on any atom is -0.481 e. The third kappa shape index (κ3) is 3.46. The average Bonchev–Trinajstić information content (AvgIpc) is 2.94. The van der Waals surface area contributed by atoms with E-state index in [0.29, 0.717) is 30.1 Å². The van der Waals surface area contributed by atoms with Crippen LogP contribution in [0.15, 0.2) is 0 Å². The molecule has 2 N–H and O–H groups in total. The molecule has 6 atom stereocenters. The van der Waals surface area contributed by atoms with Crippen molar-refractivity contribution in [1.29, 1.82) is 0 Å². The van der Waals surface area contributed by atoms with E-state index in [1.54, 1.807) is 0 Å². The fourth-order valence-electron chi connectivity index (χ4n) is 7.07. The van der Waals surface area contributed by atoms with Crippen molar-refractivity contribution in [2.75, 3.05) is 0 Å². The lowest BCUT2D eigenvalue weighted by Crippen LogP contribution is -2.51. The van der Waals surface area contributed by atoms with Crippen LogP contribution in [0.25, 0.3) is 0 Å². The Hall–Kier alpha value is -1.06. The summed E-state index contributed by atoms with van der Waals surface area (Å²) in [6.07, 6.45) is 10.7. The first-order valence-corrected chi connectivity index (χ1v) is 10.2. The average molecular weight is 350 g/mol. The summed E-state index contributed by atoms with van der Waals surface area (Å²) in [5.41, 5.74) is 0.490. The van der Waals surface area contributed by atoms with Gasteiger partial charge in [-0.1, -0.05) is 20.3 Å². The lowest BCUT2D eigenvalue weighted by atomic mass is 9.46. The van der Waals surface area contributed by atoms with Crippen molar-refractivity contribution in [2.45, 2.75) is 84.5 Å². The monoisotopic (exact) mass is 350 g/mol. The summed E-state index contributed by atoms with van der Waals surface area (Å²) in [7, 11) is 0. The quantitative estimate of drug-likeness (QED) is 0.709. The van der Waals surface area contributed by atoms with Gasteiger partial charge in [-0.25, -0.2) is 0 Å². The zero-order valence-corrected chi connectivity index (χ0v) is 15.8. The van der Waals surface area contributed by atoms with E-state index in [2.05, 4.69) is 13.8 Å².